The van der Waals surface area contributed by atoms with Crippen molar-refractivity contribution in [2.45, 2.75) is 0 Å². The van der Waals surface area contributed by atoms with Gasteiger partial charge in [-0.1, -0.05) is 0 Å². The lowest BCUT2D eigenvalue weighted by Gasteiger charge is -2.09. The highest BCUT2D eigenvalue weighted by atomic mass is 16.1. The highest BCUT2D eigenvalue weighted by Crippen LogP contribution is 2.11. The van der Waals surface area contributed by atoms with E-state index in [1.54, 1.807) is 37.7 Å². The van der Waals surface area contributed by atoms with E-state index in [0.717, 1.165) is 5.69 Å². The quantitative estimate of drug-likeness (QED) is 0.399. The number of rotatable bonds is 3. The Hall–Kier alpha value is -1.84. The molecular formula is C9H10N3O. The van der Waals surface area contributed by atoms with Crippen LogP contribution in [-0.4, -0.2) is 19.3 Å². The van der Waals surface area contributed by atoms with Crippen molar-refractivity contribution in [2.24, 2.45) is 5.73 Å². The van der Waals surface area contributed by atoms with Gasteiger partial charge in [0.25, 0.3) is 0 Å². The molecule has 0 saturated heterocycles. The first-order valence-corrected chi connectivity index (χ1v) is 3.71. The van der Waals surface area contributed by atoms with E-state index in [0.29, 0.717) is 5.56 Å². The lowest BCUT2D eigenvalue weighted by Crippen LogP contribution is -2.14. The van der Waals surface area contributed by atoms with Crippen LogP contribution < -0.4 is 10.6 Å². The molecule has 0 aliphatic heterocycles. The molecule has 1 aromatic carbocycles. The highest BCUT2D eigenvalue weighted by Gasteiger charge is 2.00. The number of amidine groups is 1. The van der Waals surface area contributed by atoms with Gasteiger partial charge in [0.15, 0.2) is 0 Å². The molecule has 0 atom stereocenters. The van der Waals surface area contributed by atoms with Crippen LogP contribution in [0.4, 0.5) is 5.69 Å². The van der Waals surface area contributed by atoms with Gasteiger partial charge in [-0.25, -0.2) is 0 Å². The Bertz CT molecular complexity index is 318. The zero-order chi connectivity index (χ0) is 9.84. The molecule has 0 aliphatic rings. The van der Waals surface area contributed by atoms with Crippen LogP contribution in [0.15, 0.2) is 24.3 Å². The van der Waals surface area contributed by atoms with Crippen molar-refractivity contribution in [3.63, 3.8) is 0 Å². The van der Waals surface area contributed by atoms with Gasteiger partial charge in [-0.3, -0.25) is 10.2 Å². The van der Waals surface area contributed by atoms with Crippen LogP contribution in [-0.2, 0) is 4.79 Å². The third-order valence-corrected chi connectivity index (χ3v) is 1.70. The second kappa shape index (κ2) is 3.71. The van der Waals surface area contributed by atoms with Gasteiger partial charge >= 0.3 is 6.41 Å². The van der Waals surface area contributed by atoms with Crippen molar-refractivity contribution >= 4 is 17.9 Å². The molecule has 67 valence electrons. The monoisotopic (exact) mass is 176 g/mol. The lowest BCUT2D eigenvalue weighted by atomic mass is 10.2. The summed E-state index contributed by atoms with van der Waals surface area (Å²) in [6.07, 6.45) is 1.73. The van der Waals surface area contributed by atoms with E-state index in [4.69, 9.17) is 11.1 Å². The topological polar surface area (TPSA) is 70.2 Å². The molecule has 4 heteroatoms. The summed E-state index contributed by atoms with van der Waals surface area (Å²) in [6.45, 7) is 0. The van der Waals surface area contributed by atoms with Crippen LogP contribution in [0, 0.1) is 5.41 Å². The van der Waals surface area contributed by atoms with Gasteiger partial charge in [0.1, 0.15) is 5.84 Å². The SMILES string of the molecule is CN([C]=O)c1ccc(C(=N)N)cc1. The minimum atomic E-state index is 0.0179. The van der Waals surface area contributed by atoms with E-state index in [1.165, 1.54) is 4.90 Å². The summed E-state index contributed by atoms with van der Waals surface area (Å²) in [5.41, 5.74) is 6.63. The summed E-state index contributed by atoms with van der Waals surface area (Å²) in [6, 6.07) is 6.79. The van der Waals surface area contributed by atoms with Gasteiger partial charge < -0.3 is 10.6 Å². The maximum absolute atomic E-state index is 10.3. The molecule has 1 radical (unpaired) electrons. The Morgan fingerprint density at radius 1 is 1.46 bits per heavy atom. The number of nitrogens with two attached hydrogens (primary N) is 1. The van der Waals surface area contributed by atoms with Gasteiger partial charge in [-0.2, -0.15) is 0 Å². The Morgan fingerprint density at radius 2 is 2.00 bits per heavy atom. The summed E-state index contributed by atoms with van der Waals surface area (Å²) in [5.74, 6) is 0.0179. The van der Waals surface area contributed by atoms with E-state index < -0.39 is 0 Å². The molecule has 0 saturated carbocycles. The summed E-state index contributed by atoms with van der Waals surface area (Å²) >= 11 is 0. The molecule has 0 aliphatic carbocycles. The minimum absolute atomic E-state index is 0.0179. The predicted molar refractivity (Wildman–Crippen MR) is 51.6 cm³/mol. The molecule has 1 rings (SSSR count). The van der Waals surface area contributed by atoms with Crippen molar-refractivity contribution in [3.8, 4) is 0 Å². The Labute approximate surface area is 76.5 Å². The summed E-state index contributed by atoms with van der Waals surface area (Å²) in [4.78, 5) is 11.6. The molecule has 0 aromatic heterocycles. The molecule has 1 amide bonds. The number of nitrogens with zero attached hydrogens (tertiary/aromatic N) is 1. The molecule has 13 heavy (non-hydrogen) atoms. The number of anilines is 1. The number of hydrogen-bond acceptors (Lipinski definition) is 2. The zero-order valence-corrected chi connectivity index (χ0v) is 7.24. The van der Waals surface area contributed by atoms with Crippen molar-refractivity contribution in [2.75, 3.05) is 11.9 Å². The van der Waals surface area contributed by atoms with Gasteiger partial charge in [-0.05, 0) is 24.3 Å². The number of nitrogens with one attached hydrogen (secondary N) is 1. The Kier molecular flexibility index (Phi) is 2.64. The molecule has 3 N–H and O–H groups in total. The Balaban J connectivity index is 2.93. The second-order valence-corrected chi connectivity index (χ2v) is 2.61. The lowest BCUT2D eigenvalue weighted by molar-refractivity contribution is 0.554. The van der Waals surface area contributed by atoms with Crippen molar-refractivity contribution in [1.82, 2.24) is 0 Å². The van der Waals surface area contributed by atoms with Gasteiger partial charge in [0, 0.05) is 18.3 Å². The summed E-state index contributed by atoms with van der Waals surface area (Å²) in [7, 11) is 1.61. The normalized spacial score (nSPS) is 9.31. The second-order valence-electron chi connectivity index (χ2n) is 2.61. The van der Waals surface area contributed by atoms with Crippen LogP contribution in [0.5, 0.6) is 0 Å². The maximum Gasteiger partial charge on any atom is 0.316 e. The molecule has 0 heterocycles. The fraction of sp³-hybridized carbons (Fsp3) is 0.111. The molecule has 1 aromatic rings. The molecular weight excluding hydrogens is 166 g/mol. The van der Waals surface area contributed by atoms with E-state index in [-0.39, 0.29) is 5.84 Å². The molecule has 4 nitrogen and oxygen atoms in total. The number of benzene rings is 1. The van der Waals surface area contributed by atoms with Gasteiger partial charge in [-0.15, -0.1) is 0 Å². The smallest absolute Gasteiger partial charge is 0.316 e. The molecule has 0 bridgehead atoms. The maximum atomic E-state index is 10.3. The average molecular weight is 176 g/mol. The third-order valence-electron chi connectivity index (χ3n) is 1.70. The van der Waals surface area contributed by atoms with Gasteiger partial charge in [0.05, 0.1) is 0 Å². The average Bonchev–Trinajstić information content (AvgIpc) is 2.17. The van der Waals surface area contributed by atoms with E-state index in [9.17, 15) is 4.79 Å². The van der Waals surface area contributed by atoms with E-state index >= 15 is 0 Å². The third kappa shape index (κ3) is 2.05. The van der Waals surface area contributed by atoms with Crippen molar-refractivity contribution in [1.29, 1.82) is 5.41 Å². The van der Waals surface area contributed by atoms with Crippen LogP contribution in [0.3, 0.4) is 0 Å². The minimum Gasteiger partial charge on any atom is -0.384 e. The first-order chi connectivity index (χ1) is 6.15. The summed E-state index contributed by atoms with van der Waals surface area (Å²) < 4.78 is 0. The largest absolute Gasteiger partial charge is 0.384 e. The zero-order valence-electron chi connectivity index (χ0n) is 7.24. The fourth-order valence-electron chi connectivity index (χ4n) is 0.917. The summed E-state index contributed by atoms with van der Waals surface area (Å²) in [5, 5.41) is 7.14. The number of amides is 1. The molecule has 0 spiro atoms. The van der Waals surface area contributed by atoms with Crippen molar-refractivity contribution in [3.05, 3.63) is 29.8 Å². The highest BCUT2D eigenvalue weighted by molar-refractivity contribution is 5.95. The van der Waals surface area contributed by atoms with E-state index in [1.807, 2.05) is 0 Å². The first kappa shape index (κ1) is 9.25. The van der Waals surface area contributed by atoms with Gasteiger partial charge in [0.2, 0.25) is 0 Å². The Morgan fingerprint density at radius 3 is 2.38 bits per heavy atom. The van der Waals surface area contributed by atoms with Crippen LogP contribution in [0.2, 0.25) is 0 Å². The van der Waals surface area contributed by atoms with Crippen LogP contribution in [0.1, 0.15) is 5.56 Å². The van der Waals surface area contributed by atoms with Crippen LogP contribution in [0.25, 0.3) is 0 Å². The number of nitrogen functional groups attached to an aromatic ring is 1. The van der Waals surface area contributed by atoms with E-state index in [2.05, 4.69) is 0 Å². The molecule has 0 unspecified atom stereocenters. The predicted octanol–water partition coefficient (Wildman–Crippen LogP) is 0.474. The van der Waals surface area contributed by atoms with Crippen molar-refractivity contribution < 1.29 is 4.79 Å². The van der Waals surface area contributed by atoms with Crippen LogP contribution >= 0.6 is 0 Å². The number of hydrogen-bond donors (Lipinski definition) is 2. The standard InChI is InChI=1S/C9H10N3O/c1-12(6-13)8-4-2-7(3-5-8)9(10)11/h2-5H,1H3,(H3,10,11). The number of carbonyl (C=O) groups excluding carboxylic acids is 1. The fourth-order valence-corrected chi connectivity index (χ4v) is 0.917. The molecule has 0 fully saturated rings. The first-order valence-electron chi connectivity index (χ1n) is 3.71.